The minimum atomic E-state index is 0.0501. The van der Waals surface area contributed by atoms with Gasteiger partial charge in [-0.1, -0.05) is 0 Å². The molecule has 3 atom stereocenters. The maximum absolute atomic E-state index is 11.8. The molecule has 2 fully saturated rings. The summed E-state index contributed by atoms with van der Waals surface area (Å²) in [4.78, 5) is 27.9. The second-order valence-electron chi connectivity index (χ2n) is 6.65. The van der Waals surface area contributed by atoms with E-state index in [1.54, 1.807) is 13.4 Å². The first-order chi connectivity index (χ1) is 11.2. The summed E-state index contributed by atoms with van der Waals surface area (Å²) in [7, 11) is 3.82. The third-order valence-electron chi connectivity index (χ3n) is 5.44. The third kappa shape index (κ3) is 2.31. The Morgan fingerprint density at radius 1 is 1.35 bits per heavy atom. The topological polar surface area (TPSA) is 77.2 Å². The predicted molar refractivity (Wildman–Crippen MR) is 88.3 cm³/mol. The molecule has 2 aliphatic rings. The van der Waals surface area contributed by atoms with Gasteiger partial charge in [-0.05, 0) is 30.7 Å². The van der Waals surface area contributed by atoms with Gasteiger partial charge in [0.2, 0.25) is 0 Å². The number of nitrogens with one attached hydrogen (secondary N) is 2. The molecule has 1 saturated heterocycles. The van der Waals surface area contributed by atoms with Crippen molar-refractivity contribution in [3.05, 3.63) is 18.6 Å². The van der Waals surface area contributed by atoms with Crippen molar-refractivity contribution in [1.82, 2.24) is 25.2 Å². The summed E-state index contributed by atoms with van der Waals surface area (Å²) in [5.41, 5.74) is 0.880. The van der Waals surface area contributed by atoms with E-state index in [9.17, 15) is 4.79 Å². The maximum atomic E-state index is 11.8. The van der Waals surface area contributed by atoms with Crippen molar-refractivity contribution in [1.29, 1.82) is 0 Å². The molecule has 2 N–H and O–H groups in total. The first-order valence-corrected chi connectivity index (χ1v) is 8.15. The van der Waals surface area contributed by atoms with Crippen LogP contribution in [0, 0.1) is 11.8 Å². The zero-order chi connectivity index (χ0) is 16.0. The first kappa shape index (κ1) is 14.3. The van der Waals surface area contributed by atoms with Crippen LogP contribution in [0.15, 0.2) is 18.6 Å². The zero-order valence-corrected chi connectivity index (χ0v) is 13.5. The van der Waals surface area contributed by atoms with Crippen LogP contribution >= 0.6 is 0 Å². The van der Waals surface area contributed by atoms with E-state index in [4.69, 9.17) is 0 Å². The van der Waals surface area contributed by atoms with Crippen LogP contribution in [0.5, 0.6) is 0 Å². The molecule has 0 bridgehead atoms. The molecule has 7 nitrogen and oxygen atoms in total. The molecule has 122 valence electrons. The number of hydrogen-bond acceptors (Lipinski definition) is 4. The Labute approximate surface area is 135 Å². The van der Waals surface area contributed by atoms with Gasteiger partial charge in [0.1, 0.15) is 17.8 Å². The van der Waals surface area contributed by atoms with E-state index in [2.05, 4.69) is 32.2 Å². The molecule has 23 heavy (non-hydrogen) atoms. The van der Waals surface area contributed by atoms with Crippen LogP contribution in [0.1, 0.15) is 12.8 Å². The van der Waals surface area contributed by atoms with Crippen molar-refractivity contribution in [3.63, 3.8) is 0 Å². The van der Waals surface area contributed by atoms with Gasteiger partial charge >= 0.3 is 6.03 Å². The molecule has 1 saturated carbocycles. The number of aromatic nitrogens is 3. The molecule has 7 heteroatoms. The van der Waals surface area contributed by atoms with Gasteiger partial charge in [-0.3, -0.25) is 0 Å². The minimum Gasteiger partial charge on any atom is -0.356 e. The van der Waals surface area contributed by atoms with Crippen molar-refractivity contribution in [3.8, 4) is 0 Å². The van der Waals surface area contributed by atoms with Crippen LogP contribution in [0.2, 0.25) is 0 Å². The summed E-state index contributed by atoms with van der Waals surface area (Å²) in [5.74, 6) is 2.19. The molecular formula is C16H22N6O. The Hall–Kier alpha value is -2.31. The quantitative estimate of drug-likeness (QED) is 0.879. The molecule has 2 amide bonds. The first-order valence-electron chi connectivity index (χ1n) is 8.15. The normalized spacial score (nSPS) is 26.5. The Bertz CT molecular complexity index is 714. The van der Waals surface area contributed by atoms with Gasteiger partial charge in [0.05, 0.1) is 5.39 Å². The van der Waals surface area contributed by atoms with E-state index in [0.717, 1.165) is 42.8 Å². The van der Waals surface area contributed by atoms with E-state index >= 15 is 0 Å². The Morgan fingerprint density at radius 3 is 2.78 bits per heavy atom. The summed E-state index contributed by atoms with van der Waals surface area (Å²) >= 11 is 0. The van der Waals surface area contributed by atoms with E-state index < -0.39 is 0 Å². The average Bonchev–Trinajstić information content (AvgIpc) is 3.26. The number of aromatic amines is 1. The lowest BCUT2D eigenvalue weighted by Crippen LogP contribution is -2.38. The molecule has 0 aromatic carbocycles. The van der Waals surface area contributed by atoms with Crippen LogP contribution in [0.4, 0.5) is 10.6 Å². The van der Waals surface area contributed by atoms with Crippen molar-refractivity contribution < 1.29 is 4.79 Å². The lowest BCUT2D eigenvalue weighted by atomic mass is 10.0. The minimum absolute atomic E-state index is 0.0501. The Morgan fingerprint density at radius 2 is 2.09 bits per heavy atom. The van der Waals surface area contributed by atoms with Gasteiger partial charge < -0.3 is 20.1 Å². The van der Waals surface area contributed by atoms with Gasteiger partial charge in [0.25, 0.3) is 0 Å². The average molecular weight is 314 g/mol. The molecule has 1 aliphatic carbocycles. The lowest BCUT2D eigenvalue weighted by molar-refractivity contribution is 0.207. The predicted octanol–water partition coefficient (Wildman–Crippen LogP) is 1.44. The van der Waals surface area contributed by atoms with Gasteiger partial charge in [-0.15, -0.1) is 0 Å². The van der Waals surface area contributed by atoms with Crippen molar-refractivity contribution in [2.24, 2.45) is 11.8 Å². The number of urea groups is 1. The van der Waals surface area contributed by atoms with E-state index in [0.29, 0.717) is 17.9 Å². The number of H-pyrrole nitrogens is 1. The fourth-order valence-corrected chi connectivity index (χ4v) is 4.22. The van der Waals surface area contributed by atoms with Gasteiger partial charge in [-0.2, -0.15) is 0 Å². The number of rotatable bonds is 2. The summed E-state index contributed by atoms with van der Waals surface area (Å²) in [6.45, 7) is 1.75. The molecule has 4 rings (SSSR count). The van der Waals surface area contributed by atoms with Crippen LogP contribution in [0.3, 0.4) is 0 Å². The molecule has 2 aromatic rings. The molecule has 1 aliphatic heterocycles. The summed E-state index contributed by atoms with van der Waals surface area (Å²) in [6.07, 6.45) is 5.75. The van der Waals surface area contributed by atoms with E-state index in [1.807, 2.05) is 17.2 Å². The molecular weight excluding hydrogens is 292 g/mol. The number of anilines is 1. The number of hydrogen-bond donors (Lipinski definition) is 2. The number of fused-ring (bicyclic) bond motifs is 2. The molecule has 3 heterocycles. The largest absolute Gasteiger partial charge is 0.356 e. The SMILES string of the molecule is CNC(=O)N1CC2CC(N(C)c3ncnc4[nH]ccc34)C[C@@H]2C1. The lowest BCUT2D eigenvalue weighted by Gasteiger charge is -2.27. The van der Waals surface area contributed by atoms with Crippen molar-refractivity contribution in [2.45, 2.75) is 18.9 Å². The highest BCUT2D eigenvalue weighted by molar-refractivity contribution is 5.87. The number of likely N-dealkylation sites (tertiary alicyclic amines) is 1. The second-order valence-corrected chi connectivity index (χ2v) is 6.65. The molecule has 2 unspecified atom stereocenters. The van der Waals surface area contributed by atoms with Crippen LogP contribution < -0.4 is 10.2 Å². The zero-order valence-electron chi connectivity index (χ0n) is 13.5. The summed E-state index contributed by atoms with van der Waals surface area (Å²) in [5, 5.41) is 3.80. The van der Waals surface area contributed by atoms with Gasteiger partial charge in [-0.25, -0.2) is 14.8 Å². The van der Waals surface area contributed by atoms with Gasteiger partial charge in [0.15, 0.2) is 0 Å². The number of carbonyl (C=O) groups is 1. The summed E-state index contributed by atoms with van der Waals surface area (Å²) in [6, 6.07) is 2.56. The summed E-state index contributed by atoms with van der Waals surface area (Å²) < 4.78 is 0. The number of amides is 2. The Balaban J connectivity index is 1.49. The second kappa shape index (κ2) is 5.40. The monoisotopic (exact) mass is 314 g/mol. The highest BCUT2D eigenvalue weighted by Crippen LogP contribution is 2.41. The molecule has 0 spiro atoms. The fourth-order valence-electron chi connectivity index (χ4n) is 4.22. The van der Waals surface area contributed by atoms with Crippen molar-refractivity contribution >= 4 is 22.9 Å². The van der Waals surface area contributed by atoms with Crippen LogP contribution in [-0.2, 0) is 0 Å². The highest BCUT2D eigenvalue weighted by Gasteiger charge is 2.43. The van der Waals surface area contributed by atoms with E-state index in [1.165, 1.54) is 0 Å². The maximum Gasteiger partial charge on any atom is 0.317 e. The van der Waals surface area contributed by atoms with Gasteiger partial charge in [0, 0.05) is 39.4 Å². The standard InChI is InChI=1S/C16H22N6O/c1-17-16(23)22-7-10-5-12(6-11(10)8-22)21(2)15-13-3-4-18-14(13)19-9-20-15/h3-4,9-12H,5-8H2,1-2H3,(H,17,23)(H,18,19,20)/t10-,11?,12?/m1/s1. The van der Waals surface area contributed by atoms with Crippen LogP contribution in [-0.4, -0.2) is 59.1 Å². The third-order valence-corrected chi connectivity index (χ3v) is 5.44. The van der Waals surface area contributed by atoms with Crippen molar-refractivity contribution in [2.75, 3.05) is 32.1 Å². The Kier molecular flexibility index (Phi) is 3.36. The number of carbonyl (C=O) groups excluding carboxylic acids is 1. The van der Waals surface area contributed by atoms with Crippen LogP contribution in [0.25, 0.3) is 11.0 Å². The van der Waals surface area contributed by atoms with E-state index in [-0.39, 0.29) is 6.03 Å². The molecule has 0 radical (unpaired) electrons. The smallest absolute Gasteiger partial charge is 0.317 e. The molecule has 2 aromatic heterocycles. The fraction of sp³-hybridized carbons (Fsp3) is 0.562. The highest BCUT2D eigenvalue weighted by atomic mass is 16.2. The number of nitrogens with zero attached hydrogens (tertiary/aromatic N) is 4.